The maximum absolute atomic E-state index is 10.9. The van der Waals surface area contributed by atoms with Crippen molar-refractivity contribution < 1.29 is 19.0 Å². The number of benzene rings is 1. The highest BCUT2D eigenvalue weighted by Crippen LogP contribution is 2.37. The molecule has 1 aliphatic heterocycles. The summed E-state index contributed by atoms with van der Waals surface area (Å²) in [6, 6.07) is 3.43. The molecule has 1 aromatic carbocycles. The predicted molar refractivity (Wildman–Crippen MR) is 75.1 cm³/mol. The molecule has 0 N–H and O–H groups in total. The number of carbonyl (C=O) groups excluding carboxylic acids is 1. The van der Waals surface area contributed by atoms with Gasteiger partial charge in [0.15, 0.2) is 11.5 Å². The summed E-state index contributed by atoms with van der Waals surface area (Å²) in [5, 5.41) is 0. The normalized spacial score (nSPS) is 18.3. The Balaban J connectivity index is 2.14. The minimum absolute atomic E-state index is 0.423. The zero-order valence-corrected chi connectivity index (χ0v) is 12.4. The lowest BCUT2D eigenvalue weighted by molar-refractivity contribution is 0.112. The molecule has 0 bridgehead atoms. The van der Waals surface area contributed by atoms with Crippen molar-refractivity contribution in [1.82, 2.24) is 0 Å². The Morgan fingerprint density at radius 2 is 2.32 bits per heavy atom. The van der Waals surface area contributed by atoms with Crippen molar-refractivity contribution >= 4 is 22.2 Å². The number of halogens is 1. The number of rotatable bonds is 6. The average molecular weight is 329 g/mol. The van der Waals surface area contributed by atoms with Gasteiger partial charge in [-0.2, -0.15) is 0 Å². The second-order valence-electron chi connectivity index (χ2n) is 4.42. The van der Waals surface area contributed by atoms with Crippen LogP contribution in [-0.4, -0.2) is 32.7 Å². The van der Waals surface area contributed by atoms with Gasteiger partial charge in [-0.25, -0.2) is 0 Å². The van der Waals surface area contributed by atoms with Crippen LogP contribution in [0.3, 0.4) is 0 Å². The number of carbonyl (C=O) groups is 1. The molecule has 0 amide bonds. The van der Waals surface area contributed by atoms with Gasteiger partial charge < -0.3 is 14.2 Å². The fraction of sp³-hybridized carbons (Fsp3) is 0.500. The van der Waals surface area contributed by atoms with Crippen molar-refractivity contribution in [1.29, 1.82) is 0 Å². The minimum atomic E-state index is 0.423. The molecule has 1 atom stereocenters. The Morgan fingerprint density at radius 3 is 2.95 bits per heavy atom. The lowest BCUT2D eigenvalue weighted by Crippen LogP contribution is -2.12. The molecule has 5 heteroatoms. The van der Waals surface area contributed by atoms with Crippen LogP contribution in [0.5, 0.6) is 11.5 Å². The first-order valence-electron chi connectivity index (χ1n) is 6.36. The van der Waals surface area contributed by atoms with Crippen LogP contribution in [0, 0.1) is 5.92 Å². The van der Waals surface area contributed by atoms with Crippen molar-refractivity contribution in [3.8, 4) is 11.5 Å². The maximum atomic E-state index is 10.9. The van der Waals surface area contributed by atoms with Crippen LogP contribution in [-0.2, 0) is 4.74 Å². The average Bonchev–Trinajstić information content (AvgIpc) is 2.91. The summed E-state index contributed by atoms with van der Waals surface area (Å²) in [5.74, 6) is 1.67. The third kappa shape index (κ3) is 3.70. The molecule has 1 aromatic rings. The molecule has 0 aromatic heterocycles. The van der Waals surface area contributed by atoms with E-state index in [9.17, 15) is 4.79 Å². The van der Waals surface area contributed by atoms with Crippen LogP contribution in [0.15, 0.2) is 16.6 Å². The highest BCUT2D eigenvalue weighted by Gasteiger charge is 2.19. The van der Waals surface area contributed by atoms with Gasteiger partial charge in [0.05, 0.1) is 24.3 Å². The van der Waals surface area contributed by atoms with E-state index in [-0.39, 0.29) is 0 Å². The largest absolute Gasteiger partial charge is 0.490 e. The second kappa shape index (κ2) is 6.91. The van der Waals surface area contributed by atoms with Crippen LogP contribution in [0.2, 0.25) is 0 Å². The van der Waals surface area contributed by atoms with E-state index in [0.717, 1.165) is 30.4 Å². The minimum Gasteiger partial charge on any atom is -0.490 e. The first-order chi connectivity index (χ1) is 9.24. The molecular weight excluding hydrogens is 312 g/mol. The quantitative estimate of drug-likeness (QED) is 0.753. The molecule has 1 unspecified atom stereocenters. The topological polar surface area (TPSA) is 44.8 Å². The van der Waals surface area contributed by atoms with Crippen LogP contribution < -0.4 is 9.47 Å². The third-order valence-corrected chi connectivity index (χ3v) is 3.54. The van der Waals surface area contributed by atoms with E-state index in [2.05, 4.69) is 15.9 Å². The smallest absolute Gasteiger partial charge is 0.175 e. The Labute approximate surface area is 121 Å². The van der Waals surface area contributed by atoms with E-state index in [1.807, 2.05) is 6.92 Å². The SMILES string of the molecule is CCOc1cc(C=O)cc(Br)c1OCC1CCOC1. The zero-order valence-electron chi connectivity index (χ0n) is 10.9. The van der Waals surface area contributed by atoms with Crippen molar-refractivity contribution in [2.45, 2.75) is 13.3 Å². The van der Waals surface area contributed by atoms with Crippen LogP contribution in [0.1, 0.15) is 23.7 Å². The van der Waals surface area contributed by atoms with E-state index >= 15 is 0 Å². The zero-order chi connectivity index (χ0) is 13.7. The molecule has 4 nitrogen and oxygen atoms in total. The van der Waals surface area contributed by atoms with Gasteiger partial charge in [-0.1, -0.05) is 0 Å². The number of hydrogen-bond donors (Lipinski definition) is 0. The van der Waals surface area contributed by atoms with E-state index in [1.54, 1.807) is 12.1 Å². The summed E-state index contributed by atoms with van der Waals surface area (Å²) in [4.78, 5) is 10.9. The summed E-state index contributed by atoms with van der Waals surface area (Å²) in [5.41, 5.74) is 0.562. The monoisotopic (exact) mass is 328 g/mol. The fourth-order valence-corrected chi connectivity index (χ4v) is 2.55. The Bertz CT molecular complexity index is 441. The van der Waals surface area contributed by atoms with Crippen molar-refractivity contribution in [3.63, 3.8) is 0 Å². The molecular formula is C14H17BrO4. The van der Waals surface area contributed by atoms with E-state index in [1.165, 1.54) is 0 Å². The van der Waals surface area contributed by atoms with Gasteiger partial charge in [0.25, 0.3) is 0 Å². The lowest BCUT2D eigenvalue weighted by atomic mass is 10.1. The fourth-order valence-electron chi connectivity index (χ4n) is 1.97. The molecule has 1 aliphatic rings. The van der Waals surface area contributed by atoms with Gasteiger partial charge in [0, 0.05) is 18.1 Å². The Kier molecular flexibility index (Phi) is 5.22. The molecule has 0 saturated carbocycles. The molecule has 0 aliphatic carbocycles. The van der Waals surface area contributed by atoms with E-state index in [0.29, 0.717) is 36.2 Å². The summed E-state index contributed by atoms with van der Waals surface area (Å²) in [6.45, 7) is 4.57. The van der Waals surface area contributed by atoms with Gasteiger partial charge >= 0.3 is 0 Å². The molecule has 19 heavy (non-hydrogen) atoms. The van der Waals surface area contributed by atoms with Crippen LogP contribution in [0.25, 0.3) is 0 Å². The molecule has 1 heterocycles. The first kappa shape index (κ1) is 14.3. The molecule has 0 spiro atoms. The summed E-state index contributed by atoms with van der Waals surface area (Å²) in [6.07, 6.45) is 1.82. The summed E-state index contributed by atoms with van der Waals surface area (Å²) in [7, 11) is 0. The Hall–Kier alpha value is -1.07. The number of hydrogen-bond acceptors (Lipinski definition) is 4. The van der Waals surface area contributed by atoms with E-state index in [4.69, 9.17) is 14.2 Å². The Morgan fingerprint density at radius 1 is 1.47 bits per heavy atom. The molecule has 0 radical (unpaired) electrons. The highest BCUT2D eigenvalue weighted by atomic mass is 79.9. The van der Waals surface area contributed by atoms with Crippen molar-refractivity contribution in [2.75, 3.05) is 26.4 Å². The first-order valence-corrected chi connectivity index (χ1v) is 7.16. The maximum Gasteiger partial charge on any atom is 0.175 e. The predicted octanol–water partition coefficient (Wildman–Crippen LogP) is 3.08. The van der Waals surface area contributed by atoms with Crippen molar-refractivity contribution in [2.24, 2.45) is 5.92 Å². The van der Waals surface area contributed by atoms with Gasteiger partial charge in [0.2, 0.25) is 0 Å². The molecule has 1 fully saturated rings. The van der Waals surface area contributed by atoms with Crippen molar-refractivity contribution in [3.05, 3.63) is 22.2 Å². The van der Waals surface area contributed by atoms with E-state index < -0.39 is 0 Å². The van der Waals surface area contributed by atoms with Gasteiger partial charge in [0.1, 0.15) is 6.29 Å². The molecule has 1 saturated heterocycles. The third-order valence-electron chi connectivity index (χ3n) is 2.96. The number of aldehydes is 1. The number of ether oxygens (including phenoxy) is 3. The van der Waals surface area contributed by atoms with Gasteiger partial charge in [-0.05, 0) is 41.4 Å². The second-order valence-corrected chi connectivity index (χ2v) is 5.28. The molecule has 104 valence electrons. The highest BCUT2D eigenvalue weighted by molar-refractivity contribution is 9.10. The summed E-state index contributed by atoms with van der Waals surface area (Å²) >= 11 is 3.42. The van der Waals surface area contributed by atoms with Gasteiger partial charge in [-0.3, -0.25) is 4.79 Å². The van der Waals surface area contributed by atoms with Crippen LogP contribution in [0.4, 0.5) is 0 Å². The molecule has 2 rings (SSSR count). The van der Waals surface area contributed by atoms with Crippen LogP contribution >= 0.6 is 15.9 Å². The lowest BCUT2D eigenvalue weighted by Gasteiger charge is -2.16. The standard InChI is InChI=1S/C14H17BrO4/c1-2-18-13-6-11(7-16)5-12(15)14(13)19-9-10-3-4-17-8-10/h5-7,10H,2-4,8-9H2,1H3. The summed E-state index contributed by atoms with van der Waals surface area (Å²) < 4.78 is 17.4. The van der Waals surface area contributed by atoms with Gasteiger partial charge in [-0.15, -0.1) is 0 Å².